The molecule has 1 amide bonds. The lowest BCUT2D eigenvalue weighted by atomic mass is 10.1. The molecular weight excluding hydrogens is 306 g/mol. The predicted molar refractivity (Wildman–Crippen MR) is 86.0 cm³/mol. The molecule has 2 aromatic heterocycles. The second-order valence-corrected chi connectivity index (χ2v) is 8.17. The van der Waals surface area contributed by atoms with Gasteiger partial charge in [0.2, 0.25) is 5.13 Å². The summed E-state index contributed by atoms with van der Waals surface area (Å²) in [4.78, 5) is 12.1. The smallest absolute Gasteiger partial charge is 0.277 e. The van der Waals surface area contributed by atoms with Gasteiger partial charge in [-0.15, -0.1) is 10.2 Å². The Balaban J connectivity index is 1.97. The Bertz CT molecular complexity index is 605. The van der Waals surface area contributed by atoms with Crippen LogP contribution in [0.5, 0.6) is 0 Å². The van der Waals surface area contributed by atoms with Crippen molar-refractivity contribution < 1.29 is 4.79 Å². The Morgan fingerprint density at radius 1 is 1.38 bits per heavy atom. The molecule has 21 heavy (non-hydrogen) atoms. The summed E-state index contributed by atoms with van der Waals surface area (Å²) in [5.41, 5.74) is 1.34. The van der Waals surface area contributed by atoms with Crippen LogP contribution in [-0.2, 0) is 6.42 Å². The van der Waals surface area contributed by atoms with Gasteiger partial charge in [-0.1, -0.05) is 50.8 Å². The molecule has 0 unspecified atom stereocenters. The van der Waals surface area contributed by atoms with Gasteiger partial charge in [0, 0.05) is 10.9 Å². The molecule has 0 spiro atoms. The number of aromatic nitrogens is 4. The molecule has 0 aromatic carbocycles. The lowest BCUT2D eigenvalue weighted by molar-refractivity contribution is 0.102. The molecule has 0 aliphatic rings. The van der Waals surface area contributed by atoms with E-state index in [0.29, 0.717) is 22.0 Å². The highest BCUT2D eigenvalue weighted by molar-refractivity contribution is 8.01. The maximum atomic E-state index is 12.1. The third kappa shape index (κ3) is 4.82. The summed E-state index contributed by atoms with van der Waals surface area (Å²) >= 11 is 3.00. The van der Waals surface area contributed by atoms with Crippen molar-refractivity contribution in [3.8, 4) is 0 Å². The number of nitrogens with one attached hydrogen (secondary N) is 2. The molecule has 2 aromatic rings. The molecule has 2 rings (SSSR count). The van der Waals surface area contributed by atoms with Gasteiger partial charge in [0.1, 0.15) is 0 Å². The average molecular weight is 325 g/mol. The Kier molecular flexibility index (Phi) is 5.35. The van der Waals surface area contributed by atoms with Crippen molar-refractivity contribution in [1.29, 1.82) is 0 Å². The molecule has 6 nitrogen and oxygen atoms in total. The molecule has 0 radical (unpaired) electrons. The average Bonchev–Trinajstić information content (AvgIpc) is 2.97. The van der Waals surface area contributed by atoms with Gasteiger partial charge in [-0.25, -0.2) is 0 Å². The van der Waals surface area contributed by atoms with Gasteiger partial charge in [-0.3, -0.25) is 15.2 Å². The third-order valence-corrected chi connectivity index (χ3v) is 4.38. The first-order chi connectivity index (χ1) is 9.94. The number of aromatic amines is 1. The number of H-pyrrole nitrogens is 1. The summed E-state index contributed by atoms with van der Waals surface area (Å²) in [5, 5.41) is 18.6. The summed E-state index contributed by atoms with van der Waals surface area (Å²) in [6.07, 6.45) is 0.869. The summed E-state index contributed by atoms with van der Waals surface area (Å²) in [6.45, 7) is 8.42. The number of thioether (sulfide) groups is 1. The quantitative estimate of drug-likeness (QED) is 0.629. The highest BCUT2D eigenvalue weighted by atomic mass is 32.2. The Hall–Kier alpha value is -1.41. The van der Waals surface area contributed by atoms with Gasteiger partial charge in [0.05, 0.1) is 0 Å². The Morgan fingerprint density at radius 3 is 2.81 bits per heavy atom. The first-order valence-corrected chi connectivity index (χ1v) is 8.49. The summed E-state index contributed by atoms with van der Waals surface area (Å²) in [6, 6.07) is 1.78. The number of carbonyl (C=O) groups excluding carboxylic acids is 1. The van der Waals surface area contributed by atoms with Crippen molar-refractivity contribution in [3.05, 3.63) is 17.5 Å². The number of hydrogen-bond donors (Lipinski definition) is 2. The number of carbonyl (C=O) groups is 1. The Labute approximate surface area is 132 Å². The third-order valence-electron chi connectivity index (χ3n) is 2.46. The maximum Gasteiger partial charge on any atom is 0.277 e. The second-order valence-electron chi connectivity index (χ2n) is 5.37. The van der Waals surface area contributed by atoms with E-state index in [2.05, 4.69) is 53.4 Å². The van der Waals surface area contributed by atoms with Crippen LogP contribution in [0.4, 0.5) is 5.13 Å². The van der Waals surface area contributed by atoms with Gasteiger partial charge < -0.3 is 0 Å². The van der Waals surface area contributed by atoms with E-state index in [0.717, 1.165) is 16.5 Å². The van der Waals surface area contributed by atoms with Crippen LogP contribution in [0.25, 0.3) is 0 Å². The SMILES string of the molecule is CC(C)Cc1cc(C(=O)Nc2nnc(SC(C)C)s2)n[nH]1. The fraction of sp³-hybridized carbons (Fsp3) is 0.538. The zero-order valence-electron chi connectivity index (χ0n) is 12.5. The minimum atomic E-state index is -0.265. The van der Waals surface area contributed by atoms with Crippen molar-refractivity contribution in [1.82, 2.24) is 20.4 Å². The number of hydrogen-bond acceptors (Lipinski definition) is 6. The molecule has 0 saturated carbocycles. The number of nitrogens with zero attached hydrogens (tertiary/aromatic N) is 3. The lowest BCUT2D eigenvalue weighted by Gasteiger charge is -1.99. The van der Waals surface area contributed by atoms with Crippen molar-refractivity contribution in [2.45, 2.75) is 43.7 Å². The number of rotatable bonds is 6. The molecule has 0 aliphatic carbocycles. The second kappa shape index (κ2) is 7.04. The fourth-order valence-corrected chi connectivity index (χ4v) is 3.66. The van der Waals surface area contributed by atoms with Gasteiger partial charge in [0.15, 0.2) is 10.0 Å². The first kappa shape index (κ1) is 16.0. The minimum Gasteiger partial charge on any atom is -0.295 e. The molecule has 8 heteroatoms. The monoisotopic (exact) mass is 325 g/mol. The summed E-state index contributed by atoms with van der Waals surface area (Å²) in [5.74, 6) is 0.249. The molecule has 2 N–H and O–H groups in total. The van der Waals surface area contributed by atoms with Crippen molar-refractivity contribution in [2.75, 3.05) is 5.32 Å². The molecule has 0 atom stereocenters. The van der Waals surface area contributed by atoms with Crippen LogP contribution in [0.15, 0.2) is 10.4 Å². The van der Waals surface area contributed by atoms with Gasteiger partial charge in [-0.05, 0) is 18.4 Å². The van der Waals surface area contributed by atoms with Gasteiger partial charge in [0.25, 0.3) is 5.91 Å². The van der Waals surface area contributed by atoms with Crippen LogP contribution in [0.3, 0.4) is 0 Å². The van der Waals surface area contributed by atoms with Crippen LogP contribution in [0, 0.1) is 5.92 Å². The molecule has 2 heterocycles. The normalized spacial score (nSPS) is 11.3. The summed E-state index contributed by atoms with van der Waals surface area (Å²) < 4.78 is 0.850. The van der Waals surface area contributed by atoms with Gasteiger partial charge in [-0.2, -0.15) is 5.10 Å². The van der Waals surface area contributed by atoms with Crippen LogP contribution in [0.1, 0.15) is 43.9 Å². The largest absolute Gasteiger partial charge is 0.295 e. The van der Waals surface area contributed by atoms with Crippen LogP contribution in [-0.4, -0.2) is 31.6 Å². The zero-order chi connectivity index (χ0) is 15.4. The van der Waals surface area contributed by atoms with Gasteiger partial charge >= 0.3 is 0 Å². The lowest BCUT2D eigenvalue weighted by Crippen LogP contribution is -2.12. The topological polar surface area (TPSA) is 83.6 Å². The van der Waals surface area contributed by atoms with Crippen LogP contribution in [0.2, 0.25) is 0 Å². The van der Waals surface area contributed by atoms with Crippen LogP contribution >= 0.6 is 23.1 Å². The van der Waals surface area contributed by atoms with Crippen molar-refractivity contribution in [2.24, 2.45) is 5.92 Å². The van der Waals surface area contributed by atoms with Crippen LogP contribution < -0.4 is 5.32 Å². The molecule has 114 valence electrons. The van der Waals surface area contributed by atoms with E-state index in [-0.39, 0.29) is 5.91 Å². The molecule has 0 fully saturated rings. The Morgan fingerprint density at radius 2 is 2.14 bits per heavy atom. The van der Waals surface area contributed by atoms with Crippen molar-refractivity contribution >= 4 is 34.1 Å². The van der Waals surface area contributed by atoms with E-state index >= 15 is 0 Å². The molecule has 0 bridgehead atoms. The van der Waals surface area contributed by atoms with E-state index in [1.807, 2.05) is 0 Å². The van der Waals surface area contributed by atoms with E-state index < -0.39 is 0 Å². The molecule has 0 saturated heterocycles. The first-order valence-electron chi connectivity index (χ1n) is 6.80. The standard InChI is InChI=1S/C13H19N5OS2/c1-7(2)5-9-6-10(16-15-9)11(19)14-12-17-18-13(21-12)20-8(3)4/h6-8H,5H2,1-4H3,(H,15,16)(H,14,17,19). The molecule has 0 aliphatic heterocycles. The van der Waals surface area contributed by atoms with E-state index in [9.17, 15) is 4.79 Å². The van der Waals surface area contributed by atoms with Crippen molar-refractivity contribution in [3.63, 3.8) is 0 Å². The number of amides is 1. The zero-order valence-corrected chi connectivity index (χ0v) is 14.1. The maximum absolute atomic E-state index is 12.1. The van der Waals surface area contributed by atoms with E-state index in [4.69, 9.17) is 0 Å². The molecular formula is C13H19N5OS2. The van der Waals surface area contributed by atoms with E-state index in [1.165, 1.54) is 11.3 Å². The number of anilines is 1. The predicted octanol–water partition coefficient (Wildman–Crippen LogP) is 3.21. The van der Waals surface area contributed by atoms with E-state index in [1.54, 1.807) is 17.8 Å². The summed E-state index contributed by atoms with van der Waals surface area (Å²) in [7, 11) is 0. The highest BCUT2D eigenvalue weighted by Crippen LogP contribution is 2.28. The highest BCUT2D eigenvalue weighted by Gasteiger charge is 2.14. The fourth-order valence-electron chi connectivity index (χ4n) is 1.69. The minimum absolute atomic E-state index is 0.265.